The lowest BCUT2D eigenvalue weighted by molar-refractivity contribution is -0.247. The minimum atomic E-state index is -0.902. The molecule has 0 radical (unpaired) electrons. The molecule has 1 aliphatic heterocycles. The van der Waals surface area contributed by atoms with Gasteiger partial charge in [0.05, 0.1) is 12.9 Å². The maximum Gasteiger partial charge on any atom is 0.257 e. The van der Waals surface area contributed by atoms with Gasteiger partial charge in [-0.1, -0.05) is 23.7 Å². The molecule has 1 saturated heterocycles. The van der Waals surface area contributed by atoms with Gasteiger partial charge in [-0.05, 0) is 55.3 Å². The normalized spacial score (nSPS) is 22.7. The Morgan fingerprint density at radius 1 is 1.22 bits per heavy atom. The molecule has 6 nitrogen and oxygen atoms in total. The Kier molecular flexibility index (Phi) is 6.90. The van der Waals surface area contributed by atoms with Crippen molar-refractivity contribution >= 4 is 35.0 Å². The second-order valence-corrected chi connectivity index (χ2v) is 9.63. The van der Waals surface area contributed by atoms with Gasteiger partial charge in [-0.2, -0.15) is 0 Å². The number of hydrogen-bond acceptors (Lipinski definition) is 5. The number of nitrogens with zero attached hydrogens (tertiary/aromatic N) is 2. The first-order chi connectivity index (χ1) is 15.4. The van der Waals surface area contributed by atoms with Crippen LogP contribution in [0.5, 0.6) is 0 Å². The highest BCUT2D eigenvalue weighted by Crippen LogP contribution is 2.41. The number of hydrogen-bond donors (Lipinski definition) is 1. The second-order valence-electron chi connectivity index (χ2n) is 8.14. The number of benzene rings is 2. The number of nitrogens with one attached hydrogen (secondary N) is 1. The Balaban J connectivity index is 1.43. The van der Waals surface area contributed by atoms with Crippen LogP contribution in [0.1, 0.15) is 25.8 Å². The van der Waals surface area contributed by atoms with Crippen LogP contribution in [0.25, 0.3) is 0 Å². The number of anilines is 1. The molecule has 168 valence electrons. The molecule has 8 heteroatoms. The molecule has 1 aliphatic rings. The molecule has 2 atom stereocenters. The summed E-state index contributed by atoms with van der Waals surface area (Å²) in [5.41, 5.74) is 1.49. The molecule has 1 amide bonds. The van der Waals surface area contributed by atoms with Crippen molar-refractivity contribution in [2.45, 2.75) is 43.1 Å². The van der Waals surface area contributed by atoms with Crippen LogP contribution in [0.4, 0.5) is 5.69 Å². The summed E-state index contributed by atoms with van der Waals surface area (Å²) in [6, 6.07) is 15.7. The summed E-state index contributed by atoms with van der Waals surface area (Å²) in [7, 11) is 0. The third-order valence-corrected chi connectivity index (χ3v) is 6.88. The second kappa shape index (κ2) is 9.67. The minimum absolute atomic E-state index is 0.0798. The topological polar surface area (TPSA) is 65.4 Å². The van der Waals surface area contributed by atoms with E-state index >= 15 is 0 Å². The van der Waals surface area contributed by atoms with Gasteiger partial charge in [-0.25, -0.2) is 4.98 Å². The Hall–Kier alpha value is -2.32. The van der Waals surface area contributed by atoms with Gasteiger partial charge in [-0.15, -0.1) is 11.8 Å². The summed E-state index contributed by atoms with van der Waals surface area (Å²) in [4.78, 5) is 16.5. The van der Waals surface area contributed by atoms with Crippen molar-refractivity contribution in [1.82, 2.24) is 9.55 Å². The lowest BCUT2D eigenvalue weighted by Crippen LogP contribution is -2.39. The number of aryl methyl sites for hydroxylation is 1. The van der Waals surface area contributed by atoms with Gasteiger partial charge in [0.15, 0.2) is 0 Å². The van der Waals surface area contributed by atoms with Gasteiger partial charge in [0, 0.05) is 47.1 Å². The van der Waals surface area contributed by atoms with Crippen LogP contribution < -0.4 is 5.32 Å². The van der Waals surface area contributed by atoms with E-state index < -0.39 is 11.5 Å². The van der Waals surface area contributed by atoms with Gasteiger partial charge in [0.25, 0.3) is 5.91 Å². The zero-order valence-electron chi connectivity index (χ0n) is 18.1. The van der Waals surface area contributed by atoms with Gasteiger partial charge in [-0.3, -0.25) is 9.36 Å². The van der Waals surface area contributed by atoms with E-state index in [0.717, 1.165) is 27.8 Å². The maximum atomic E-state index is 11.2. The molecule has 0 saturated carbocycles. The van der Waals surface area contributed by atoms with Crippen molar-refractivity contribution in [1.29, 1.82) is 0 Å². The van der Waals surface area contributed by atoms with Gasteiger partial charge in [0.2, 0.25) is 5.91 Å². The highest BCUT2D eigenvalue weighted by molar-refractivity contribution is 7.99. The predicted octanol–water partition coefficient (Wildman–Crippen LogP) is 5.34. The first kappa shape index (κ1) is 22.9. The highest BCUT2D eigenvalue weighted by atomic mass is 35.5. The monoisotopic (exact) mass is 471 g/mol. The summed E-state index contributed by atoms with van der Waals surface area (Å²) < 4.78 is 14.8. The van der Waals surface area contributed by atoms with E-state index in [1.807, 2.05) is 59.3 Å². The van der Waals surface area contributed by atoms with Crippen LogP contribution in [0.2, 0.25) is 5.02 Å². The molecule has 0 spiro atoms. The third-order valence-electron chi connectivity index (χ3n) is 5.27. The average molecular weight is 472 g/mol. The van der Waals surface area contributed by atoms with Gasteiger partial charge < -0.3 is 14.8 Å². The Morgan fingerprint density at radius 2 is 1.97 bits per heavy atom. The Morgan fingerprint density at radius 3 is 2.62 bits per heavy atom. The molecule has 1 N–H and O–H groups in total. The summed E-state index contributed by atoms with van der Waals surface area (Å²) in [5.74, 6) is -0.256. The van der Waals surface area contributed by atoms with E-state index in [9.17, 15) is 4.79 Å². The van der Waals surface area contributed by atoms with Crippen LogP contribution in [0.15, 0.2) is 72.1 Å². The van der Waals surface area contributed by atoms with Crippen molar-refractivity contribution in [3.05, 3.63) is 77.8 Å². The SMILES string of the molecule is CC(=O)Nc1ccc(SC[C@]2(C)CO[C@](CCc3ccc(Cl)cc3)(n3ccnc3)O2)cc1. The molecule has 2 heterocycles. The number of carbonyl (C=O) groups is 1. The minimum Gasteiger partial charge on any atom is -0.329 e. The van der Waals surface area contributed by atoms with Crippen molar-refractivity contribution < 1.29 is 14.3 Å². The van der Waals surface area contributed by atoms with Crippen molar-refractivity contribution in [3.8, 4) is 0 Å². The van der Waals surface area contributed by atoms with Crippen LogP contribution in [-0.4, -0.2) is 33.4 Å². The smallest absolute Gasteiger partial charge is 0.257 e. The first-order valence-electron chi connectivity index (χ1n) is 10.4. The van der Waals surface area contributed by atoms with E-state index in [1.165, 1.54) is 12.5 Å². The molecule has 1 fully saturated rings. The van der Waals surface area contributed by atoms with E-state index in [0.29, 0.717) is 13.0 Å². The van der Waals surface area contributed by atoms with Crippen LogP contribution in [-0.2, 0) is 26.6 Å². The molecule has 0 aliphatic carbocycles. The van der Waals surface area contributed by atoms with Crippen molar-refractivity contribution in [2.24, 2.45) is 0 Å². The molecular formula is C24H26ClN3O3S. The first-order valence-corrected chi connectivity index (χ1v) is 11.8. The number of ether oxygens (including phenoxy) is 2. The molecular weight excluding hydrogens is 446 g/mol. The third kappa shape index (κ3) is 5.53. The van der Waals surface area contributed by atoms with Crippen LogP contribution in [0, 0.1) is 0 Å². The lowest BCUT2D eigenvalue weighted by atomic mass is 10.1. The number of carbonyl (C=O) groups excluding carboxylic acids is 1. The number of amides is 1. The highest BCUT2D eigenvalue weighted by Gasteiger charge is 2.49. The van der Waals surface area contributed by atoms with Gasteiger partial charge >= 0.3 is 0 Å². The molecule has 32 heavy (non-hydrogen) atoms. The summed E-state index contributed by atoms with van der Waals surface area (Å²) in [6.45, 7) is 4.05. The quantitative estimate of drug-likeness (QED) is 0.449. The van der Waals surface area contributed by atoms with E-state index in [1.54, 1.807) is 24.3 Å². The molecule has 0 unspecified atom stereocenters. The number of aromatic nitrogens is 2. The summed E-state index contributed by atoms with van der Waals surface area (Å²) in [5, 5.41) is 3.51. The average Bonchev–Trinajstić information content (AvgIpc) is 3.42. The fraction of sp³-hybridized carbons (Fsp3) is 0.333. The molecule has 3 aromatic rings. The van der Waals surface area contributed by atoms with Crippen molar-refractivity contribution in [2.75, 3.05) is 17.7 Å². The Bertz CT molecular complexity index is 1040. The van der Waals surface area contributed by atoms with Crippen molar-refractivity contribution in [3.63, 3.8) is 0 Å². The number of rotatable bonds is 8. The van der Waals surface area contributed by atoms with Crippen LogP contribution in [0.3, 0.4) is 0 Å². The fourth-order valence-electron chi connectivity index (χ4n) is 3.65. The molecule has 2 aromatic carbocycles. The zero-order chi connectivity index (χ0) is 22.6. The van der Waals surface area contributed by atoms with E-state index in [-0.39, 0.29) is 5.91 Å². The Labute approximate surface area is 197 Å². The summed E-state index contributed by atoms with van der Waals surface area (Å²) in [6.07, 6.45) is 6.78. The van der Waals surface area contributed by atoms with E-state index in [2.05, 4.69) is 17.2 Å². The summed E-state index contributed by atoms with van der Waals surface area (Å²) >= 11 is 7.72. The van der Waals surface area contributed by atoms with Gasteiger partial charge in [0.1, 0.15) is 5.60 Å². The molecule has 1 aromatic heterocycles. The number of halogens is 1. The largest absolute Gasteiger partial charge is 0.329 e. The predicted molar refractivity (Wildman–Crippen MR) is 127 cm³/mol. The number of imidazole rings is 1. The zero-order valence-corrected chi connectivity index (χ0v) is 19.7. The maximum absolute atomic E-state index is 11.2. The lowest BCUT2D eigenvalue weighted by Gasteiger charge is -2.31. The fourth-order valence-corrected chi connectivity index (χ4v) is 4.72. The standard InChI is InChI=1S/C24H26ClN3O3S/c1-18(29)27-21-7-9-22(10-8-21)32-16-23(2)15-30-24(31-23,28-14-13-26-17-28)12-11-19-3-5-20(25)6-4-19/h3-10,13-14,17H,11-12,15-16H2,1-2H3,(H,27,29)/t23-,24-/m0/s1. The van der Waals surface area contributed by atoms with Crippen LogP contribution >= 0.6 is 23.4 Å². The molecule has 0 bridgehead atoms. The molecule has 4 rings (SSSR count). The van der Waals surface area contributed by atoms with E-state index in [4.69, 9.17) is 21.1 Å². The number of thioether (sulfide) groups is 1.